The Balaban J connectivity index is 1.67. The molecule has 2 aromatic heterocycles. The van der Waals surface area contributed by atoms with E-state index in [9.17, 15) is 9.59 Å². The number of carbonyl (C=O) groups is 2. The average molecular weight is 484 g/mol. The molecule has 1 aliphatic heterocycles. The number of amides is 1. The van der Waals surface area contributed by atoms with E-state index in [0.29, 0.717) is 11.3 Å². The Hall–Kier alpha value is -4.20. The average Bonchev–Trinajstić information content (AvgIpc) is 3.18. The molecule has 8 nitrogen and oxygen atoms in total. The maximum atomic E-state index is 13.5. The van der Waals surface area contributed by atoms with Crippen LogP contribution in [0.15, 0.2) is 54.6 Å². The Bertz CT molecular complexity index is 1440. The summed E-state index contributed by atoms with van der Waals surface area (Å²) in [5, 5.41) is 3.79. The number of piperidine rings is 1. The zero-order chi connectivity index (χ0) is 25.2. The Labute approximate surface area is 209 Å². The molecule has 0 saturated carbocycles. The molecule has 0 bridgehead atoms. The second-order valence-electron chi connectivity index (χ2n) is 8.99. The van der Waals surface area contributed by atoms with Crippen LogP contribution in [0.25, 0.3) is 16.7 Å². The van der Waals surface area contributed by atoms with Crippen LogP contribution in [0.2, 0.25) is 0 Å². The highest BCUT2D eigenvalue weighted by Crippen LogP contribution is 2.35. The summed E-state index contributed by atoms with van der Waals surface area (Å²) >= 11 is 0. The number of methoxy groups -OCH3 is 1. The molecular formula is C28H29N5O3. The van der Waals surface area contributed by atoms with Gasteiger partial charge in [0.15, 0.2) is 5.65 Å². The Morgan fingerprint density at radius 3 is 2.33 bits per heavy atom. The largest absolute Gasteiger partial charge is 0.465 e. The van der Waals surface area contributed by atoms with Crippen molar-refractivity contribution in [2.24, 2.45) is 0 Å². The fourth-order valence-corrected chi connectivity index (χ4v) is 4.83. The van der Waals surface area contributed by atoms with Crippen molar-refractivity contribution < 1.29 is 14.3 Å². The summed E-state index contributed by atoms with van der Waals surface area (Å²) in [6.07, 6.45) is 3.35. The van der Waals surface area contributed by atoms with Crippen LogP contribution in [0.5, 0.6) is 0 Å². The van der Waals surface area contributed by atoms with E-state index in [1.807, 2.05) is 30.3 Å². The smallest absolute Gasteiger partial charge is 0.339 e. The van der Waals surface area contributed by atoms with E-state index in [0.717, 1.165) is 54.1 Å². The normalized spacial score (nSPS) is 13.6. The third-order valence-corrected chi connectivity index (χ3v) is 6.79. The molecule has 0 unspecified atom stereocenters. The molecule has 2 aromatic carbocycles. The van der Waals surface area contributed by atoms with Crippen molar-refractivity contribution in [1.29, 1.82) is 0 Å². The number of para-hydroxylation sites is 2. The number of fused-ring (bicyclic) bond motifs is 1. The number of hydrogen-bond acceptors (Lipinski definition) is 6. The Kier molecular flexibility index (Phi) is 6.41. The van der Waals surface area contributed by atoms with Crippen LogP contribution in [0, 0.1) is 13.8 Å². The van der Waals surface area contributed by atoms with Gasteiger partial charge in [-0.3, -0.25) is 9.36 Å². The van der Waals surface area contributed by atoms with Gasteiger partial charge in [-0.15, -0.1) is 0 Å². The molecule has 1 saturated heterocycles. The van der Waals surface area contributed by atoms with Crippen molar-refractivity contribution >= 4 is 34.4 Å². The highest BCUT2D eigenvalue weighted by Gasteiger charge is 2.26. The standard InChI is InChI=1S/C28H29N5O3/c1-18-19(2)33(20-12-6-4-7-13-20)26-23(18)25(32-16-10-5-11-17-32)30-24(31-26)27(34)29-22-15-9-8-14-21(22)28(35)36-3/h4,6-9,12-15H,5,10-11,16-17H2,1-3H3,(H,29,34). The Morgan fingerprint density at radius 1 is 0.917 bits per heavy atom. The van der Waals surface area contributed by atoms with Crippen LogP contribution in [-0.4, -0.2) is 46.6 Å². The van der Waals surface area contributed by atoms with Crippen LogP contribution >= 0.6 is 0 Å². The van der Waals surface area contributed by atoms with E-state index in [-0.39, 0.29) is 11.4 Å². The number of esters is 1. The molecule has 1 amide bonds. The van der Waals surface area contributed by atoms with Gasteiger partial charge in [-0.25, -0.2) is 14.8 Å². The molecule has 3 heterocycles. The third-order valence-electron chi connectivity index (χ3n) is 6.79. The molecule has 4 aromatic rings. The summed E-state index contributed by atoms with van der Waals surface area (Å²) in [6, 6.07) is 16.7. The first kappa shape index (κ1) is 23.5. The van der Waals surface area contributed by atoms with E-state index >= 15 is 0 Å². The van der Waals surface area contributed by atoms with Gasteiger partial charge in [-0.2, -0.15) is 0 Å². The van der Waals surface area contributed by atoms with Crippen LogP contribution in [0.3, 0.4) is 0 Å². The number of hydrogen-bond donors (Lipinski definition) is 1. The lowest BCUT2D eigenvalue weighted by atomic mass is 10.1. The lowest BCUT2D eigenvalue weighted by Gasteiger charge is -2.28. The molecule has 0 spiro atoms. The first-order valence-corrected chi connectivity index (χ1v) is 12.2. The van der Waals surface area contributed by atoms with Gasteiger partial charge in [0.05, 0.1) is 23.7 Å². The van der Waals surface area contributed by atoms with Gasteiger partial charge < -0.3 is 15.0 Å². The van der Waals surface area contributed by atoms with E-state index in [4.69, 9.17) is 14.7 Å². The monoisotopic (exact) mass is 483 g/mol. The zero-order valence-corrected chi connectivity index (χ0v) is 20.7. The van der Waals surface area contributed by atoms with Gasteiger partial charge in [-0.05, 0) is 62.9 Å². The number of rotatable bonds is 5. The van der Waals surface area contributed by atoms with Crippen LogP contribution in [-0.2, 0) is 4.74 Å². The minimum absolute atomic E-state index is 0.0532. The number of aryl methyl sites for hydroxylation is 1. The fraction of sp³-hybridized carbons (Fsp3) is 0.286. The van der Waals surface area contributed by atoms with Gasteiger partial charge >= 0.3 is 5.97 Å². The number of aromatic nitrogens is 3. The minimum atomic E-state index is -0.527. The van der Waals surface area contributed by atoms with Crippen LogP contribution in [0.4, 0.5) is 11.5 Å². The molecule has 0 atom stereocenters. The van der Waals surface area contributed by atoms with E-state index in [1.165, 1.54) is 13.5 Å². The predicted octanol–water partition coefficient (Wildman–Crippen LogP) is 5.07. The van der Waals surface area contributed by atoms with Crippen molar-refractivity contribution in [3.05, 3.63) is 77.2 Å². The Morgan fingerprint density at radius 2 is 1.61 bits per heavy atom. The molecule has 0 radical (unpaired) electrons. The van der Waals surface area contributed by atoms with Crippen molar-refractivity contribution in [2.75, 3.05) is 30.4 Å². The minimum Gasteiger partial charge on any atom is -0.465 e. The number of anilines is 2. The number of carbonyl (C=O) groups excluding carboxylic acids is 2. The number of nitrogens with one attached hydrogen (secondary N) is 1. The summed E-state index contributed by atoms with van der Waals surface area (Å²) in [5.74, 6) is -0.179. The maximum Gasteiger partial charge on any atom is 0.339 e. The van der Waals surface area contributed by atoms with E-state index < -0.39 is 11.9 Å². The quantitative estimate of drug-likeness (QED) is 0.399. The molecule has 5 rings (SSSR count). The molecule has 1 aliphatic rings. The van der Waals surface area contributed by atoms with Crippen LogP contribution < -0.4 is 10.2 Å². The molecule has 36 heavy (non-hydrogen) atoms. The van der Waals surface area contributed by atoms with Gasteiger partial charge in [0, 0.05) is 24.5 Å². The number of benzene rings is 2. The van der Waals surface area contributed by atoms with Gasteiger partial charge in [-0.1, -0.05) is 30.3 Å². The fourth-order valence-electron chi connectivity index (χ4n) is 4.83. The summed E-state index contributed by atoms with van der Waals surface area (Å²) < 4.78 is 6.95. The summed E-state index contributed by atoms with van der Waals surface area (Å²) in [6.45, 7) is 5.91. The van der Waals surface area contributed by atoms with Crippen molar-refractivity contribution in [1.82, 2.24) is 14.5 Å². The maximum absolute atomic E-state index is 13.5. The van der Waals surface area contributed by atoms with Crippen molar-refractivity contribution in [3.8, 4) is 5.69 Å². The van der Waals surface area contributed by atoms with E-state index in [2.05, 4.69) is 28.6 Å². The summed E-state index contributed by atoms with van der Waals surface area (Å²) in [4.78, 5) is 37.5. The first-order valence-electron chi connectivity index (χ1n) is 12.2. The third kappa shape index (κ3) is 4.19. The lowest BCUT2D eigenvalue weighted by molar-refractivity contribution is 0.0602. The van der Waals surface area contributed by atoms with Gasteiger partial charge in [0.25, 0.3) is 5.91 Å². The summed E-state index contributed by atoms with van der Waals surface area (Å²) in [7, 11) is 1.31. The number of ether oxygens (including phenoxy) is 1. The predicted molar refractivity (Wildman–Crippen MR) is 140 cm³/mol. The van der Waals surface area contributed by atoms with E-state index in [1.54, 1.807) is 24.3 Å². The molecular weight excluding hydrogens is 454 g/mol. The van der Waals surface area contributed by atoms with Crippen molar-refractivity contribution in [3.63, 3.8) is 0 Å². The molecule has 0 aliphatic carbocycles. The molecule has 184 valence electrons. The molecule has 1 fully saturated rings. The highest BCUT2D eigenvalue weighted by atomic mass is 16.5. The zero-order valence-electron chi connectivity index (χ0n) is 20.7. The molecule has 8 heteroatoms. The molecule has 1 N–H and O–H groups in total. The second kappa shape index (κ2) is 9.81. The van der Waals surface area contributed by atoms with Gasteiger partial charge in [0.2, 0.25) is 5.82 Å². The lowest BCUT2D eigenvalue weighted by Crippen LogP contribution is -2.31. The van der Waals surface area contributed by atoms with Crippen molar-refractivity contribution in [2.45, 2.75) is 33.1 Å². The highest BCUT2D eigenvalue weighted by molar-refractivity contribution is 6.07. The SMILES string of the molecule is COC(=O)c1ccccc1NC(=O)c1nc(N2CCCCC2)c2c(C)c(C)n(-c3ccccc3)c2n1. The first-order chi connectivity index (χ1) is 17.5. The van der Waals surface area contributed by atoms with Crippen LogP contribution in [0.1, 0.15) is 51.5 Å². The summed E-state index contributed by atoms with van der Waals surface area (Å²) in [5.41, 5.74) is 4.43. The second-order valence-corrected chi connectivity index (χ2v) is 8.99. The van der Waals surface area contributed by atoms with Gasteiger partial charge in [0.1, 0.15) is 5.82 Å². The number of nitrogens with zero attached hydrogens (tertiary/aromatic N) is 4. The topological polar surface area (TPSA) is 89.3 Å².